The average Bonchev–Trinajstić information content (AvgIpc) is 2.61. The first-order chi connectivity index (χ1) is 12.8. The largest absolute Gasteiger partial charge is 0.0911 e. The summed E-state index contributed by atoms with van der Waals surface area (Å²) in [7, 11) is 0. The molecule has 0 aliphatic heterocycles. The predicted molar refractivity (Wildman–Crippen MR) is 129 cm³/mol. The molecule has 4 aromatic rings. The van der Waals surface area contributed by atoms with E-state index in [0.717, 1.165) is 10.4 Å². The third-order valence-corrected chi connectivity index (χ3v) is 4.28. The van der Waals surface area contributed by atoms with Gasteiger partial charge in [0.2, 0.25) is 0 Å². The maximum absolute atomic E-state index is 4.27. The quantitative estimate of drug-likeness (QED) is 0.283. The van der Waals surface area contributed by atoms with E-state index >= 15 is 0 Å². The van der Waals surface area contributed by atoms with Crippen molar-refractivity contribution in [3.05, 3.63) is 101 Å². The van der Waals surface area contributed by atoms with Crippen LogP contribution in [0.25, 0.3) is 34.7 Å². The Morgan fingerprint density at radius 1 is 0.607 bits per heavy atom. The summed E-state index contributed by atoms with van der Waals surface area (Å²) in [5.74, 6) is 0. The number of hydrogen-bond acceptors (Lipinski definition) is 0. The zero-order valence-electron chi connectivity index (χ0n) is 17.0. The summed E-state index contributed by atoms with van der Waals surface area (Å²) in [4.78, 5) is 0. The predicted octanol–water partition coefficient (Wildman–Crippen LogP) is 5.83. The van der Waals surface area contributed by atoms with Gasteiger partial charge in [0.25, 0.3) is 0 Å². The van der Waals surface area contributed by atoms with Gasteiger partial charge in [-0.2, -0.15) is 0 Å². The van der Waals surface area contributed by atoms with Crippen LogP contribution in [0.5, 0.6) is 0 Å². The molecule has 0 bridgehead atoms. The zero-order chi connectivity index (χ0) is 19.6. The fourth-order valence-electron chi connectivity index (χ4n) is 3.22. The van der Waals surface area contributed by atoms with E-state index in [1.807, 2.05) is 0 Å². The summed E-state index contributed by atoms with van der Waals surface area (Å²) in [5.41, 5.74) is 0.250. The number of rotatable bonds is 0. The molecule has 0 atom stereocenters. The first-order valence-corrected chi connectivity index (χ1v) is 9.29. The maximum atomic E-state index is 4.27. The van der Waals surface area contributed by atoms with Crippen molar-refractivity contribution in [3.63, 3.8) is 0 Å². The van der Waals surface area contributed by atoms with Crippen molar-refractivity contribution in [2.75, 3.05) is 0 Å². The molecule has 0 N–H and O–H groups in total. The molecule has 0 spiro atoms. The van der Waals surface area contributed by atoms with Crippen molar-refractivity contribution in [1.29, 1.82) is 0 Å². The molecule has 0 aromatic heterocycles. The second-order valence-electron chi connectivity index (χ2n) is 8.20. The van der Waals surface area contributed by atoms with E-state index in [1.54, 1.807) is 0 Å². The molecule has 0 aliphatic carbocycles. The van der Waals surface area contributed by atoms with Crippen LogP contribution in [0.2, 0.25) is 0 Å². The van der Waals surface area contributed by atoms with Crippen LogP contribution >= 0.6 is 0 Å². The van der Waals surface area contributed by atoms with Crippen LogP contribution in [0.1, 0.15) is 22.2 Å². The summed E-state index contributed by atoms with van der Waals surface area (Å²) in [6.45, 7) is 18.5. The first-order valence-electron chi connectivity index (χ1n) is 9.29. The van der Waals surface area contributed by atoms with Gasteiger partial charge in [-0.15, -0.1) is 0 Å². The molecular weight excluding hydrogens is 443 g/mol. The standard InChI is InChI=1S/C22H16.C5H11.Sn.H2/c1-15-11-13-17-7-3-5-9-19(17)21(15)22-16(2)12-14-18-8-4-6-10-20(18)22;1-5(2,3)4;;/h3-14H,1-2H2;1H2,2-4H3;;1H. The van der Waals surface area contributed by atoms with Crippen LogP contribution in [-0.2, 0) is 0 Å². The van der Waals surface area contributed by atoms with Crippen LogP contribution in [0.15, 0.2) is 72.8 Å². The fourth-order valence-corrected chi connectivity index (χ4v) is 3.22. The molecule has 0 fully saturated rings. The van der Waals surface area contributed by atoms with Crippen molar-refractivity contribution in [1.82, 2.24) is 0 Å². The molecule has 0 saturated heterocycles. The Labute approximate surface area is 186 Å². The fraction of sp³-hybridized carbons (Fsp3) is 0.148. The van der Waals surface area contributed by atoms with E-state index in [-0.39, 0.29) is 30.7 Å². The molecule has 0 heterocycles. The molecule has 4 aromatic carbocycles. The Morgan fingerprint density at radius 3 is 1.29 bits per heavy atom. The van der Waals surface area contributed by atoms with E-state index in [0.29, 0.717) is 0 Å². The van der Waals surface area contributed by atoms with Gasteiger partial charge in [0, 0.05) is 25.3 Å². The number of fused-ring (bicyclic) bond motifs is 2. The molecule has 1 heteroatoms. The van der Waals surface area contributed by atoms with Gasteiger partial charge >= 0.3 is 0 Å². The number of hydrogen-bond donors (Lipinski definition) is 0. The molecule has 141 valence electrons. The van der Waals surface area contributed by atoms with Gasteiger partial charge in [-0.3, -0.25) is 0 Å². The second-order valence-corrected chi connectivity index (χ2v) is 8.20. The first kappa shape index (κ1) is 22.2. The molecule has 0 unspecified atom stereocenters. The molecule has 0 nitrogen and oxygen atoms in total. The normalized spacial score (nSPS) is 12.1. The summed E-state index contributed by atoms with van der Waals surface area (Å²) < 4.78 is 0. The maximum Gasteiger partial charge on any atom is 0 e. The zero-order valence-corrected chi connectivity index (χ0v) is 19.9. The molecule has 4 rings (SSSR count). The second kappa shape index (κ2) is 8.96. The topological polar surface area (TPSA) is 0 Å². The van der Waals surface area contributed by atoms with Crippen molar-refractivity contribution < 1.29 is 1.43 Å². The Kier molecular flexibility index (Phi) is 7.11. The van der Waals surface area contributed by atoms with Gasteiger partial charge in [-0.1, -0.05) is 107 Å². The summed E-state index contributed by atoms with van der Waals surface area (Å²) in [6.07, 6.45) is 0. The molecule has 0 aliphatic rings. The minimum absolute atomic E-state index is 0. The van der Waals surface area contributed by atoms with Crippen LogP contribution in [0.4, 0.5) is 0 Å². The van der Waals surface area contributed by atoms with Gasteiger partial charge in [-0.05, 0) is 54.8 Å². The van der Waals surface area contributed by atoms with E-state index in [2.05, 4.69) is 114 Å². The van der Waals surface area contributed by atoms with Gasteiger partial charge in [0.05, 0.1) is 0 Å². The third kappa shape index (κ3) is 5.05. The minimum Gasteiger partial charge on any atom is -0.0911 e. The Bertz CT molecular complexity index is 1200. The molecule has 5 radical (unpaired) electrons. The van der Waals surface area contributed by atoms with Crippen LogP contribution in [0.3, 0.4) is 0 Å². The minimum atomic E-state index is 0. The van der Waals surface area contributed by atoms with E-state index < -0.39 is 0 Å². The Morgan fingerprint density at radius 2 is 0.929 bits per heavy atom. The van der Waals surface area contributed by atoms with Crippen LogP contribution in [-0.4, -0.2) is 23.9 Å². The molecular formula is C27H29Sn. The van der Waals surface area contributed by atoms with Crippen molar-refractivity contribution >= 4 is 58.6 Å². The monoisotopic (exact) mass is 473 g/mol. The third-order valence-electron chi connectivity index (χ3n) is 4.28. The smallest absolute Gasteiger partial charge is 0 e. The van der Waals surface area contributed by atoms with Crippen LogP contribution in [0, 0.1) is 22.8 Å². The van der Waals surface area contributed by atoms with Gasteiger partial charge in [0.1, 0.15) is 0 Å². The van der Waals surface area contributed by atoms with E-state index in [9.17, 15) is 0 Å². The van der Waals surface area contributed by atoms with E-state index in [4.69, 9.17) is 0 Å². The summed E-state index contributed by atoms with van der Waals surface area (Å²) in [6, 6.07) is 25.4. The molecule has 28 heavy (non-hydrogen) atoms. The van der Waals surface area contributed by atoms with Crippen LogP contribution < -0.4 is 10.4 Å². The van der Waals surface area contributed by atoms with Crippen molar-refractivity contribution in [2.45, 2.75) is 20.8 Å². The summed E-state index contributed by atoms with van der Waals surface area (Å²) in [5, 5.41) is 9.40. The summed E-state index contributed by atoms with van der Waals surface area (Å²) >= 11 is 0. The average molecular weight is 472 g/mol. The van der Waals surface area contributed by atoms with Crippen molar-refractivity contribution in [2.24, 2.45) is 5.41 Å². The molecule has 0 amide bonds. The Hall–Kier alpha value is -2.06. The molecule has 0 saturated carbocycles. The Balaban J connectivity index is 0.000000542. The number of benzene rings is 4. The van der Waals surface area contributed by atoms with E-state index in [1.165, 1.54) is 32.0 Å². The van der Waals surface area contributed by atoms with Gasteiger partial charge in [0.15, 0.2) is 0 Å². The SMILES string of the molecule is C=c1ccc2ccccc2c1=c1c(=C)ccc2ccccc12.[CH2]C(C)(C)C.[HH].[Sn]. The van der Waals surface area contributed by atoms with Gasteiger partial charge in [-0.25, -0.2) is 0 Å². The van der Waals surface area contributed by atoms with Gasteiger partial charge < -0.3 is 0 Å². The van der Waals surface area contributed by atoms with Crippen molar-refractivity contribution in [3.8, 4) is 0 Å².